The van der Waals surface area contributed by atoms with E-state index in [4.69, 9.17) is 11.6 Å². The van der Waals surface area contributed by atoms with E-state index in [0.717, 1.165) is 45.4 Å². The first-order valence-corrected chi connectivity index (χ1v) is 7.88. The second-order valence-corrected chi connectivity index (χ2v) is 6.07. The molecule has 0 bridgehead atoms. The summed E-state index contributed by atoms with van der Waals surface area (Å²) in [5, 5.41) is 0.589. The molecule has 1 aromatic carbocycles. The highest BCUT2D eigenvalue weighted by Gasteiger charge is 2.19. The summed E-state index contributed by atoms with van der Waals surface area (Å²) in [6, 6.07) is 7.97. The van der Waals surface area contributed by atoms with Crippen molar-refractivity contribution in [1.82, 2.24) is 19.9 Å². The number of nitrogens with one attached hydrogen (secondary N) is 1. The molecule has 0 fully saturated rings. The monoisotopic (exact) mass is 302 g/mol. The topological polar surface area (TPSA) is 54.5 Å². The largest absolute Gasteiger partial charge is 0.342 e. The van der Waals surface area contributed by atoms with E-state index in [1.54, 1.807) is 0 Å². The zero-order valence-corrected chi connectivity index (χ0v) is 12.1. The molecule has 0 atom stereocenters. The number of benzene rings is 1. The fourth-order valence-corrected chi connectivity index (χ4v) is 3.77. The summed E-state index contributed by atoms with van der Waals surface area (Å²) in [4.78, 5) is 16.8. The first-order chi connectivity index (χ1) is 9.79. The number of aromatic amines is 1. The lowest BCUT2D eigenvalue weighted by molar-refractivity contribution is 0.891. The third kappa shape index (κ3) is 2.07. The van der Waals surface area contributed by atoms with E-state index in [2.05, 4.69) is 19.9 Å². The third-order valence-electron chi connectivity index (χ3n) is 3.34. The smallest absolute Gasteiger partial charge is 0.137 e. The molecule has 4 rings (SSSR count). The normalized spacial score (nSPS) is 13.8. The summed E-state index contributed by atoms with van der Waals surface area (Å²) < 4.78 is 0. The molecule has 1 aliphatic rings. The molecule has 3 aromatic rings. The van der Waals surface area contributed by atoms with Crippen LogP contribution in [0.2, 0.25) is 5.15 Å². The van der Waals surface area contributed by atoms with Gasteiger partial charge in [0.25, 0.3) is 0 Å². The predicted molar refractivity (Wildman–Crippen MR) is 80.9 cm³/mol. The van der Waals surface area contributed by atoms with Crippen molar-refractivity contribution in [3.8, 4) is 0 Å². The lowest BCUT2D eigenvalue weighted by Crippen LogP contribution is -2.03. The molecule has 4 nitrogen and oxygen atoms in total. The highest BCUT2D eigenvalue weighted by Crippen LogP contribution is 2.32. The molecular weight excluding hydrogens is 292 g/mol. The number of hydrogen-bond donors (Lipinski definition) is 1. The molecule has 0 radical (unpaired) electrons. The summed E-state index contributed by atoms with van der Waals surface area (Å²) >= 11 is 8.05. The highest BCUT2D eigenvalue weighted by molar-refractivity contribution is 7.98. The van der Waals surface area contributed by atoms with Crippen LogP contribution < -0.4 is 0 Å². The molecule has 0 amide bonds. The quantitative estimate of drug-likeness (QED) is 0.738. The van der Waals surface area contributed by atoms with Crippen molar-refractivity contribution in [2.24, 2.45) is 0 Å². The van der Waals surface area contributed by atoms with Crippen LogP contribution in [0, 0.1) is 0 Å². The van der Waals surface area contributed by atoms with Gasteiger partial charge in [-0.1, -0.05) is 23.7 Å². The van der Waals surface area contributed by atoms with Crippen LogP contribution in [0.3, 0.4) is 0 Å². The number of imidazole rings is 1. The second kappa shape index (κ2) is 4.75. The van der Waals surface area contributed by atoms with E-state index in [-0.39, 0.29) is 0 Å². The average molecular weight is 303 g/mol. The first-order valence-electron chi connectivity index (χ1n) is 6.35. The van der Waals surface area contributed by atoms with Crippen LogP contribution >= 0.6 is 23.4 Å². The number of H-pyrrole nitrogens is 1. The fraction of sp³-hybridized carbons (Fsp3) is 0.214. The Morgan fingerprint density at radius 1 is 1.15 bits per heavy atom. The van der Waals surface area contributed by atoms with Crippen LogP contribution in [0.1, 0.15) is 22.9 Å². The van der Waals surface area contributed by atoms with Crippen LogP contribution in [-0.2, 0) is 17.9 Å². The number of fused-ring (bicyclic) bond motifs is 2. The molecule has 6 heteroatoms. The van der Waals surface area contributed by atoms with Crippen LogP contribution in [0.5, 0.6) is 0 Å². The molecule has 0 aliphatic carbocycles. The first kappa shape index (κ1) is 12.2. The van der Waals surface area contributed by atoms with Crippen molar-refractivity contribution < 1.29 is 0 Å². The van der Waals surface area contributed by atoms with Crippen molar-refractivity contribution in [3.63, 3.8) is 0 Å². The summed E-state index contributed by atoms with van der Waals surface area (Å²) in [5.41, 5.74) is 4.15. The van der Waals surface area contributed by atoms with Crippen LogP contribution in [0.25, 0.3) is 11.0 Å². The molecule has 0 saturated heterocycles. The molecule has 1 aliphatic heterocycles. The van der Waals surface area contributed by atoms with Crippen molar-refractivity contribution in [1.29, 1.82) is 0 Å². The minimum atomic E-state index is 0.576. The molecule has 100 valence electrons. The van der Waals surface area contributed by atoms with Gasteiger partial charge in [-0.25, -0.2) is 15.0 Å². The van der Waals surface area contributed by atoms with Crippen LogP contribution in [0.4, 0.5) is 0 Å². The standard InChI is InChI=1S/C14H11ClN4S/c15-14-8-6-20-7-11(8)18-13(19-14)5-12-16-9-3-1-2-4-10(9)17-12/h1-4H,5-7H2,(H,16,17). The van der Waals surface area contributed by atoms with Crippen LogP contribution in [0.15, 0.2) is 24.3 Å². The van der Waals surface area contributed by atoms with Gasteiger partial charge in [0.05, 0.1) is 23.1 Å². The van der Waals surface area contributed by atoms with E-state index >= 15 is 0 Å². The number of thioether (sulfide) groups is 1. The Labute approximate surface area is 125 Å². The Hall–Kier alpha value is -1.59. The number of hydrogen-bond acceptors (Lipinski definition) is 4. The second-order valence-electron chi connectivity index (χ2n) is 4.73. The maximum absolute atomic E-state index is 6.22. The van der Waals surface area contributed by atoms with Gasteiger partial charge in [-0.15, -0.1) is 0 Å². The summed E-state index contributed by atoms with van der Waals surface area (Å²) in [6.45, 7) is 0. The molecule has 2 aromatic heterocycles. The summed E-state index contributed by atoms with van der Waals surface area (Å²) in [6.07, 6.45) is 0.576. The van der Waals surface area contributed by atoms with Gasteiger partial charge in [0.2, 0.25) is 0 Å². The van der Waals surface area contributed by atoms with Gasteiger partial charge in [-0.2, -0.15) is 11.8 Å². The van der Waals surface area contributed by atoms with Gasteiger partial charge in [0.15, 0.2) is 0 Å². The number of aromatic nitrogens is 4. The maximum atomic E-state index is 6.22. The highest BCUT2D eigenvalue weighted by atomic mass is 35.5. The third-order valence-corrected chi connectivity index (χ3v) is 4.62. The molecule has 0 saturated carbocycles. The maximum Gasteiger partial charge on any atom is 0.137 e. The summed E-state index contributed by atoms with van der Waals surface area (Å²) in [5.74, 6) is 3.44. The zero-order chi connectivity index (χ0) is 13.5. The van der Waals surface area contributed by atoms with Crippen molar-refractivity contribution >= 4 is 34.4 Å². The van der Waals surface area contributed by atoms with Gasteiger partial charge < -0.3 is 4.98 Å². The Balaban J connectivity index is 1.70. The van der Waals surface area contributed by atoms with Gasteiger partial charge >= 0.3 is 0 Å². The van der Waals surface area contributed by atoms with E-state index in [9.17, 15) is 0 Å². The van der Waals surface area contributed by atoms with E-state index < -0.39 is 0 Å². The number of rotatable bonds is 2. The lowest BCUT2D eigenvalue weighted by atomic mass is 10.2. The van der Waals surface area contributed by atoms with Crippen molar-refractivity contribution in [2.75, 3.05) is 0 Å². The predicted octanol–water partition coefficient (Wildman–Crippen LogP) is 3.34. The SMILES string of the molecule is Clc1nc(Cc2nc3ccccc3[nH]2)nc2c1CSC2. The number of halogens is 1. The van der Waals surface area contributed by atoms with E-state index in [1.807, 2.05) is 36.0 Å². The van der Waals surface area contributed by atoms with Gasteiger partial charge in [-0.05, 0) is 12.1 Å². The fourth-order valence-electron chi connectivity index (χ4n) is 2.38. The van der Waals surface area contributed by atoms with E-state index in [1.165, 1.54) is 0 Å². The Bertz CT molecular complexity index is 766. The van der Waals surface area contributed by atoms with Gasteiger partial charge in [-0.3, -0.25) is 0 Å². The molecule has 3 heterocycles. The molecule has 20 heavy (non-hydrogen) atoms. The molecule has 0 unspecified atom stereocenters. The van der Waals surface area contributed by atoms with Gasteiger partial charge in [0.1, 0.15) is 16.8 Å². The summed E-state index contributed by atoms with van der Waals surface area (Å²) in [7, 11) is 0. The Morgan fingerprint density at radius 3 is 2.95 bits per heavy atom. The Kier molecular flexibility index (Phi) is 2.89. The van der Waals surface area contributed by atoms with E-state index in [0.29, 0.717) is 11.6 Å². The lowest BCUT2D eigenvalue weighted by Gasteiger charge is -2.03. The Morgan fingerprint density at radius 2 is 2.05 bits per heavy atom. The molecule has 1 N–H and O–H groups in total. The van der Waals surface area contributed by atoms with Crippen molar-refractivity contribution in [3.05, 3.63) is 52.3 Å². The minimum absolute atomic E-state index is 0.576. The average Bonchev–Trinajstić information content (AvgIpc) is 3.04. The number of nitrogens with zero attached hydrogens (tertiary/aromatic N) is 3. The van der Waals surface area contributed by atoms with Gasteiger partial charge in [0, 0.05) is 17.1 Å². The van der Waals surface area contributed by atoms with Crippen LogP contribution in [-0.4, -0.2) is 19.9 Å². The zero-order valence-electron chi connectivity index (χ0n) is 10.6. The molecular formula is C14H11ClN4S. The number of para-hydroxylation sites is 2. The minimum Gasteiger partial charge on any atom is -0.342 e. The molecule has 0 spiro atoms. The van der Waals surface area contributed by atoms with Crippen molar-refractivity contribution in [2.45, 2.75) is 17.9 Å².